The van der Waals surface area contributed by atoms with E-state index in [1.165, 1.54) is 5.57 Å². The van der Waals surface area contributed by atoms with Gasteiger partial charge in [-0.25, -0.2) is 4.85 Å². The number of fused-ring (bicyclic) bond motifs is 5. The second-order valence-electron chi connectivity index (χ2n) is 10.9. The molecule has 0 radical (unpaired) electrons. The van der Waals surface area contributed by atoms with Gasteiger partial charge in [0.2, 0.25) is 0 Å². The van der Waals surface area contributed by atoms with E-state index in [0.717, 1.165) is 37.8 Å². The maximum atomic E-state index is 13.6. The SMILES string of the molecule is [C-]#[N+]/C(C)=C1/CC[C@H]2[C@@H]3CC[C@H]4C[C@](C)(O)[C@@H](CO)C[C@]4(C)[C@H]3C(=O)C[C@]12C. The number of allylic oxidation sites excluding steroid dienone is 2. The Balaban J connectivity index is 1.72. The van der Waals surface area contributed by atoms with E-state index in [-0.39, 0.29) is 29.3 Å². The number of aliphatic hydroxyl groups excluding tert-OH is 1. The summed E-state index contributed by atoms with van der Waals surface area (Å²) in [5.74, 6) is 1.47. The first-order valence-corrected chi connectivity index (χ1v) is 11.0. The largest absolute Gasteiger partial charge is 0.396 e. The van der Waals surface area contributed by atoms with Crippen molar-refractivity contribution in [3.63, 3.8) is 0 Å². The Bertz CT molecular complexity index is 762. The van der Waals surface area contributed by atoms with E-state index in [2.05, 4.69) is 18.7 Å². The molecule has 0 amide bonds. The molecular formula is C24H35NO3. The summed E-state index contributed by atoms with van der Waals surface area (Å²) in [5, 5.41) is 20.8. The van der Waals surface area contributed by atoms with Crippen LogP contribution in [0, 0.1) is 47.0 Å². The molecule has 4 rings (SSSR count). The highest BCUT2D eigenvalue weighted by Crippen LogP contribution is 2.67. The average Bonchev–Trinajstić information content (AvgIpc) is 2.97. The first-order chi connectivity index (χ1) is 13.1. The van der Waals surface area contributed by atoms with E-state index < -0.39 is 5.60 Å². The van der Waals surface area contributed by atoms with Crippen LogP contribution in [0.4, 0.5) is 0 Å². The fraction of sp³-hybridized carbons (Fsp3) is 0.833. The molecule has 0 unspecified atom stereocenters. The van der Waals surface area contributed by atoms with Crippen molar-refractivity contribution >= 4 is 5.78 Å². The third-order valence-corrected chi connectivity index (χ3v) is 9.59. The van der Waals surface area contributed by atoms with Gasteiger partial charge >= 0.3 is 0 Å². The van der Waals surface area contributed by atoms with Crippen molar-refractivity contribution in [2.45, 2.75) is 78.2 Å². The minimum Gasteiger partial charge on any atom is -0.396 e. The molecule has 0 spiro atoms. The van der Waals surface area contributed by atoms with Crippen LogP contribution < -0.4 is 0 Å². The normalized spacial score (nSPS) is 52.3. The van der Waals surface area contributed by atoms with Gasteiger partial charge in [0, 0.05) is 24.9 Å². The van der Waals surface area contributed by atoms with E-state index >= 15 is 0 Å². The lowest BCUT2D eigenvalue weighted by Crippen LogP contribution is -2.60. The summed E-state index contributed by atoms with van der Waals surface area (Å²) >= 11 is 0. The van der Waals surface area contributed by atoms with Crippen molar-refractivity contribution in [1.82, 2.24) is 0 Å². The highest BCUT2D eigenvalue weighted by molar-refractivity contribution is 5.85. The van der Waals surface area contributed by atoms with Crippen LogP contribution in [0.3, 0.4) is 0 Å². The van der Waals surface area contributed by atoms with Crippen molar-refractivity contribution in [2.24, 2.45) is 40.4 Å². The molecule has 0 aromatic heterocycles. The molecule has 0 aliphatic heterocycles. The van der Waals surface area contributed by atoms with Crippen molar-refractivity contribution in [1.29, 1.82) is 0 Å². The lowest BCUT2D eigenvalue weighted by Gasteiger charge is -2.62. The first-order valence-electron chi connectivity index (χ1n) is 11.0. The number of hydrogen-bond acceptors (Lipinski definition) is 3. The lowest BCUT2D eigenvalue weighted by molar-refractivity contribution is -0.179. The molecule has 0 aromatic carbocycles. The van der Waals surface area contributed by atoms with Gasteiger partial charge in [-0.3, -0.25) is 4.79 Å². The number of nitrogens with zero attached hydrogens (tertiary/aromatic N) is 1. The van der Waals surface area contributed by atoms with Gasteiger partial charge in [-0.05, 0) is 81.0 Å². The molecule has 4 fully saturated rings. The molecular weight excluding hydrogens is 350 g/mol. The Kier molecular flexibility index (Phi) is 4.60. The molecule has 28 heavy (non-hydrogen) atoms. The van der Waals surface area contributed by atoms with Crippen LogP contribution in [0.2, 0.25) is 0 Å². The van der Waals surface area contributed by atoms with Crippen LogP contribution in [0.15, 0.2) is 11.3 Å². The third kappa shape index (κ3) is 2.58. The van der Waals surface area contributed by atoms with E-state index in [0.29, 0.717) is 36.4 Å². The highest BCUT2D eigenvalue weighted by Gasteiger charge is 2.64. The molecule has 8 atom stereocenters. The number of hydrogen-bond donors (Lipinski definition) is 2. The summed E-state index contributed by atoms with van der Waals surface area (Å²) in [4.78, 5) is 17.3. The fourth-order valence-electron chi connectivity index (χ4n) is 8.17. The number of aliphatic hydroxyl groups is 2. The number of Topliss-reactive ketones (excluding diaryl/α,β-unsaturated/α-hetero) is 1. The van der Waals surface area contributed by atoms with Crippen LogP contribution in [0.1, 0.15) is 72.6 Å². The quantitative estimate of drug-likeness (QED) is 0.659. The Morgan fingerprint density at radius 3 is 2.57 bits per heavy atom. The molecule has 0 saturated heterocycles. The maximum absolute atomic E-state index is 13.6. The molecule has 4 saturated carbocycles. The summed E-state index contributed by atoms with van der Waals surface area (Å²) in [6, 6.07) is 0. The molecule has 4 nitrogen and oxygen atoms in total. The second-order valence-corrected chi connectivity index (χ2v) is 10.9. The fourth-order valence-corrected chi connectivity index (χ4v) is 8.17. The van der Waals surface area contributed by atoms with Crippen LogP contribution in [-0.4, -0.2) is 28.2 Å². The molecule has 4 aliphatic carbocycles. The maximum Gasteiger partial charge on any atom is 0.162 e. The van der Waals surface area contributed by atoms with Crippen LogP contribution in [0.25, 0.3) is 4.85 Å². The van der Waals surface area contributed by atoms with Crippen LogP contribution in [0.5, 0.6) is 0 Å². The van der Waals surface area contributed by atoms with Crippen LogP contribution >= 0.6 is 0 Å². The predicted molar refractivity (Wildman–Crippen MR) is 108 cm³/mol. The van der Waals surface area contributed by atoms with Gasteiger partial charge in [0.25, 0.3) is 0 Å². The summed E-state index contributed by atoms with van der Waals surface area (Å²) < 4.78 is 0. The van der Waals surface area contributed by atoms with Gasteiger partial charge in [-0.15, -0.1) is 0 Å². The lowest BCUT2D eigenvalue weighted by atomic mass is 9.42. The first kappa shape index (κ1) is 20.1. The topological polar surface area (TPSA) is 61.9 Å². The molecule has 2 N–H and O–H groups in total. The van der Waals surface area contributed by atoms with Gasteiger partial charge in [0.15, 0.2) is 5.70 Å². The molecule has 154 valence electrons. The van der Waals surface area contributed by atoms with Gasteiger partial charge in [0.05, 0.1) is 12.2 Å². The molecule has 0 aromatic rings. The molecule has 0 bridgehead atoms. The number of carbonyl (C=O) groups excluding carboxylic acids is 1. The average molecular weight is 386 g/mol. The molecule has 0 heterocycles. The van der Waals surface area contributed by atoms with Crippen molar-refractivity contribution in [3.05, 3.63) is 22.7 Å². The Hall–Kier alpha value is -1.18. The zero-order valence-corrected chi connectivity index (χ0v) is 17.8. The highest BCUT2D eigenvalue weighted by atomic mass is 16.3. The van der Waals surface area contributed by atoms with Gasteiger partial charge in [0.1, 0.15) is 5.78 Å². The van der Waals surface area contributed by atoms with Gasteiger partial charge < -0.3 is 10.2 Å². The predicted octanol–water partition coefficient (Wildman–Crippen LogP) is 4.37. The minimum absolute atomic E-state index is 0.0148. The van der Waals surface area contributed by atoms with E-state index in [1.54, 1.807) is 0 Å². The number of carbonyl (C=O) groups is 1. The Labute approximate surface area is 169 Å². The summed E-state index contributed by atoms with van der Waals surface area (Å²) in [7, 11) is 0. The second kappa shape index (κ2) is 6.41. The molecule has 4 aliphatic rings. The summed E-state index contributed by atoms with van der Waals surface area (Å²) in [6.45, 7) is 15.7. The summed E-state index contributed by atoms with van der Waals surface area (Å²) in [6.07, 6.45) is 6.16. The molecule has 4 heteroatoms. The number of rotatable bonds is 1. The minimum atomic E-state index is -0.839. The van der Waals surface area contributed by atoms with Gasteiger partial charge in [-0.1, -0.05) is 19.4 Å². The Morgan fingerprint density at radius 1 is 1.21 bits per heavy atom. The van der Waals surface area contributed by atoms with E-state index in [4.69, 9.17) is 6.57 Å². The zero-order chi connectivity index (χ0) is 20.5. The monoisotopic (exact) mass is 385 g/mol. The summed E-state index contributed by atoms with van der Waals surface area (Å²) in [5.41, 5.74) is 0.912. The van der Waals surface area contributed by atoms with E-state index in [9.17, 15) is 15.0 Å². The van der Waals surface area contributed by atoms with Crippen molar-refractivity contribution in [3.8, 4) is 0 Å². The standard InChI is InChI=1S/C24H35NO3/c1-14(25-5)18-8-9-19-17-7-6-15-11-24(4,28)16(13-26)10-22(15,2)21(17)20(27)12-23(18,19)3/h15-17,19,21,26,28H,6-13H2,1-4H3/b18-14-/t15-,16+,17-,19-,21+,22-,23+,24-/m0/s1. The third-order valence-electron chi connectivity index (χ3n) is 9.59. The van der Waals surface area contributed by atoms with Crippen molar-refractivity contribution < 1.29 is 15.0 Å². The van der Waals surface area contributed by atoms with Gasteiger partial charge in [-0.2, -0.15) is 0 Å². The Morgan fingerprint density at radius 2 is 1.93 bits per heavy atom. The van der Waals surface area contributed by atoms with Crippen molar-refractivity contribution in [2.75, 3.05) is 6.61 Å². The smallest absolute Gasteiger partial charge is 0.162 e. The van der Waals surface area contributed by atoms with Crippen LogP contribution in [-0.2, 0) is 4.79 Å². The van der Waals surface area contributed by atoms with E-state index in [1.807, 2.05) is 13.8 Å². The number of ketones is 1. The zero-order valence-electron chi connectivity index (χ0n) is 17.8.